The van der Waals surface area contributed by atoms with Crippen molar-refractivity contribution >= 4 is 39.4 Å². The molecular formula is C26H20F3N5OS. The lowest BCUT2D eigenvalue weighted by atomic mass is 10.1. The number of imidazole rings is 1. The first-order valence-electron chi connectivity index (χ1n) is 11.0. The summed E-state index contributed by atoms with van der Waals surface area (Å²) in [6, 6.07) is 16.6. The van der Waals surface area contributed by atoms with Gasteiger partial charge in [-0.05, 0) is 61.9 Å². The molecule has 0 unspecified atom stereocenters. The highest BCUT2D eigenvalue weighted by molar-refractivity contribution is 7.18. The number of fused-ring (bicyclic) bond motifs is 1. The smallest absolute Gasteiger partial charge is 0.332 e. The van der Waals surface area contributed by atoms with Crippen molar-refractivity contribution in [3.63, 3.8) is 0 Å². The molecule has 182 valence electrons. The van der Waals surface area contributed by atoms with E-state index in [2.05, 4.69) is 20.6 Å². The highest BCUT2D eigenvalue weighted by Crippen LogP contribution is 2.35. The molecule has 0 aliphatic heterocycles. The summed E-state index contributed by atoms with van der Waals surface area (Å²) in [5.74, 6) is -0.204. The van der Waals surface area contributed by atoms with Crippen LogP contribution in [0.15, 0.2) is 73.1 Å². The number of nitrogens with one attached hydrogen (secondary N) is 2. The second-order valence-corrected chi connectivity index (χ2v) is 9.22. The van der Waals surface area contributed by atoms with E-state index in [0.717, 1.165) is 33.9 Å². The Kier molecular flexibility index (Phi) is 5.97. The molecule has 0 saturated carbocycles. The van der Waals surface area contributed by atoms with Crippen molar-refractivity contribution < 1.29 is 18.0 Å². The van der Waals surface area contributed by atoms with Gasteiger partial charge in [0.15, 0.2) is 5.13 Å². The zero-order valence-corrected chi connectivity index (χ0v) is 20.0. The van der Waals surface area contributed by atoms with Gasteiger partial charge in [0.05, 0.1) is 21.8 Å². The molecule has 2 aromatic carbocycles. The van der Waals surface area contributed by atoms with E-state index < -0.39 is 11.7 Å². The summed E-state index contributed by atoms with van der Waals surface area (Å²) < 4.78 is 40.8. The zero-order valence-electron chi connectivity index (χ0n) is 19.2. The number of carbonyl (C=O) groups is 1. The number of rotatable bonds is 5. The molecule has 0 spiro atoms. The molecule has 5 rings (SSSR count). The number of hydrogen-bond donors (Lipinski definition) is 2. The number of carbonyl (C=O) groups excluding carboxylic acids is 1. The lowest BCUT2D eigenvalue weighted by molar-refractivity contribution is -0.137. The first-order valence-corrected chi connectivity index (χ1v) is 11.8. The maximum Gasteiger partial charge on any atom is 0.416 e. The second kappa shape index (κ2) is 9.12. The number of alkyl halides is 3. The third-order valence-corrected chi connectivity index (χ3v) is 6.58. The number of anilines is 3. The first kappa shape index (κ1) is 23.6. The average Bonchev–Trinajstić information content (AvgIpc) is 3.42. The van der Waals surface area contributed by atoms with Crippen LogP contribution in [-0.4, -0.2) is 20.3 Å². The van der Waals surface area contributed by atoms with Crippen molar-refractivity contribution in [2.75, 3.05) is 10.6 Å². The van der Waals surface area contributed by atoms with Crippen LogP contribution in [-0.2, 0) is 6.18 Å². The second-order valence-electron chi connectivity index (χ2n) is 8.19. The highest BCUT2D eigenvalue weighted by Gasteiger charge is 2.31. The van der Waals surface area contributed by atoms with Crippen LogP contribution in [0.2, 0.25) is 0 Å². The standard InChI is InChI=1S/C26H20F3N5OS/c1-15-5-3-4-6-20(15)33-24(35)17-7-9-19(10-8-17)32-25-30-14-21(36-25)23-16(2)31-22-13-18(26(27,28)29)11-12-34(22)23/h3-14H,1-2H3,(H,30,32)(H,33,35). The molecule has 0 radical (unpaired) electrons. The number of aromatic nitrogens is 3. The quantitative estimate of drug-likeness (QED) is 0.266. The average molecular weight is 508 g/mol. The lowest BCUT2D eigenvalue weighted by Gasteiger charge is -2.09. The van der Waals surface area contributed by atoms with Gasteiger partial charge in [-0.3, -0.25) is 9.20 Å². The van der Waals surface area contributed by atoms with Crippen molar-refractivity contribution in [1.29, 1.82) is 0 Å². The number of nitrogens with zero attached hydrogens (tertiary/aromatic N) is 3. The maximum atomic E-state index is 13.1. The molecule has 1 amide bonds. The number of pyridine rings is 1. The summed E-state index contributed by atoms with van der Waals surface area (Å²) in [7, 11) is 0. The molecule has 5 aromatic rings. The predicted molar refractivity (Wildman–Crippen MR) is 135 cm³/mol. The molecule has 0 fully saturated rings. The number of hydrogen-bond acceptors (Lipinski definition) is 5. The van der Waals surface area contributed by atoms with E-state index in [1.54, 1.807) is 41.8 Å². The number of amides is 1. The van der Waals surface area contributed by atoms with Crippen LogP contribution in [0.1, 0.15) is 27.2 Å². The zero-order chi connectivity index (χ0) is 25.4. The van der Waals surface area contributed by atoms with Crippen LogP contribution in [0.4, 0.5) is 29.7 Å². The van der Waals surface area contributed by atoms with Crippen LogP contribution in [0.5, 0.6) is 0 Å². The third-order valence-electron chi connectivity index (χ3n) is 5.66. The first-order chi connectivity index (χ1) is 17.2. The summed E-state index contributed by atoms with van der Waals surface area (Å²) in [4.78, 5) is 22.0. The number of halogens is 3. The molecule has 10 heteroatoms. The number of thiazole rings is 1. The Morgan fingerprint density at radius 3 is 2.50 bits per heavy atom. The molecule has 0 saturated heterocycles. The fourth-order valence-electron chi connectivity index (χ4n) is 3.81. The van der Waals surface area contributed by atoms with Crippen molar-refractivity contribution in [3.05, 3.63) is 95.4 Å². The highest BCUT2D eigenvalue weighted by atomic mass is 32.1. The minimum Gasteiger partial charge on any atom is -0.332 e. The van der Waals surface area contributed by atoms with E-state index in [1.807, 2.05) is 31.2 Å². The van der Waals surface area contributed by atoms with Crippen LogP contribution in [0.25, 0.3) is 16.2 Å². The van der Waals surface area contributed by atoms with Gasteiger partial charge in [-0.15, -0.1) is 0 Å². The molecule has 0 aliphatic carbocycles. The fourth-order valence-corrected chi connectivity index (χ4v) is 4.74. The summed E-state index contributed by atoms with van der Waals surface area (Å²) in [5.41, 5.74) is 3.77. The Labute approximate surface area is 208 Å². The Bertz CT molecular complexity index is 1570. The van der Waals surface area contributed by atoms with Crippen LogP contribution >= 0.6 is 11.3 Å². The normalized spacial score (nSPS) is 11.6. The molecule has 36 heavy (non-hydrogen) atoms. The van der Waals surface area contributed by atoms with Crippen LogP contribution in [0.3, 0.4) is 0 Å². The van der Waals surface area contributed by atoms with Crippen molar-refractivity contribution in [3.8, 4) is 10.6 Å². The minimum atomic E-state index is -4.43. The largest absolute Gasteiger partial charge is 0.416 e. The maximum absolute atomic E-state index is 13.1. The van der Waals surface area contributed by atoms with Crippen LogP contribution in [0, 0.1) is 13.8 Å². The summed E-state index contributed by atoms with van der Waals surface area (Å²) >= 11 is 1.35. The topological polar surface area (TPSA) is 71.3 Å². The molecule has 3 aromatic heterocycles. The van der Waals surface area contributed by atoms with Gasteiger partial charge in [-0.25, -0.2) is 9.97 Å². The Balaban J connectivity index is 1.32. The summed E-state index contributed by atoms with van der Waals surface area (Å²) in [5, 5.41) is 6.71. The van der Waals surface area contributed by atoms with Crippen molar-refractivity contribution in [1.82, 2.24) is 14.4 Å². The summed E-state index contributed by atoms with van der Waals surface area (Å²) in [6.45, 7) is 3.68. The van der Waals surface area contributed by atoms with Gasteiger partial charge in [0.25, 0.3) is 5.91 Å². The monoisotopic (exact) mass is 507 g/mol. The molecule has 0 bridgehead atoms. The van der Waals surface area contributed by atoms with Gasteiger partial charge in [-0.2, -0.15) is 13.2 Å². The van der Waals surface area contributed by atoms with Gasteiger partial charge < -0.3 is 10.6 Å². The molecule has 0 aliphatic rings. The van der Waals surface area contributed by atoms with E-state index in [1.165, 1.54) is 17.5 Å². The number of aryl methyl sites for hydroxylation is 2. The van der Waals surface area contributed by atoms with E-state index in [4.69, 9.17) is 0 Å². The van der Waals surface area contributed by atoms with Crippen LogP contribution < -0.4 is 10.6 Å². The summed E-state index contributed by atoms with van der Waals surface area (Å²) in [6.07, 6.45) is -1.40. The third kappa shape index (κ3) is 4.67. The SMILES string of the molecule is Cc1ccccc1NC(=O)c1ccc(Nc2ncc(-c3c(C)nc4cc(C(F)(F)F)ccn34)s2)cc1. The van der Waals surface area contributed by atoms with Gasteiger partial charge in [0.2, 0.25) is 0 Å². The Morgan fingerprint density at radius 2 is 1.78 bits per heavy atom. The van der Waals surface area contributed by atoms with Gasteiger partial charge in [0, 0.05) is 29.3 Å². The van der Waals surface area contributed by atoms with Gasteiger partial charge in [-0.1, -0.05) is 29.5 Å². The Hall–Kier alpha value is -4.18. The molecule has 0 atom stereocenters. The predicted octanol–water partition coefficient (Wildman–Crippen LogP) is 7.09. The molecule has 2 N–H and O–H groups in total. The minimum absolute atomic E-state index is 0.204. The Morgan fingerprint density at radius 1 is 1.03 bits per heavy atom. The fraction of sp³-hybridized carbons (Fsp3) is 0.115. The molecule has 3 heterocycles. The van der Waals surface area contributed by atoms with Crippen molar-refractivity contribution in [2.45, 2.75) is 20.0 Å². The van der Waals surface area contributed by atoms with E-state index in [-0.39, 0.29) is 11.6 Å². The van der Waals surface area contributed by atoms with Gasteiger partial charge >= 0.3 is 6.18 Å². The number of benzene rings is 2. The lowest BCUT2D eigenvalue weighted by Crippen LogP contribution is -2.12. The van der Waals surface area contributed by atoms with E-state index in [0.29, 0.717) is 22.1 Å². The molecule has 6 nitrogen and oxygen atoms in total. The van der Waals surface area contributed by atoms with E-state index in [9.17, 15) is 18.0 Å². The number of para-hydroxylation sites is 1. The van der Waals surface area contributed by atoms with Gasteiger partial charge in [0.1, 0.15) is 5.65 Å². The molecular weight excluding hydrogens is 487 g/mol. The van der Waals surface area contributed by atoms with E-state index >= 15 is 0 Å². The van der Waals surface area contributed by atoms with Crippen molar-refractivity contribution in [2.24, 2.45) is 0 Å².